The first-order valence-electron chi connectivity index (χ1n) is 5.64. The van der Waals surface area contributed by atoms with Crippen LogP contribution in [0.2, 0.25) is 0 Å². The summed E-state index contributed by atoms with van der Waals surface area (Å²) in [4.78, 5) is 13.8. The number of carbonyl (C=O) groups is 1. The number of rotatable bonds is 4. The minimum Gasteiger partial charge on any atom is -0.468 e. The Morgan fingerprint density at radius 3 is 3.25 bits per heavy atom. The normalized spacial score (nSPS) is 21.2. The monoisotopic (exact) mass is 239 g/mol. The molecule has 0 radical (unpaired) electrons. The SMILES string of the molecule is COC(=O)C1CCCN1CCc1ccsc1. The second-order valence-corrected chi connectivity index (χ2v) is 4.88. The molecule has 1 aromatic rings. The largest absolute Gasteiger partial charge is 0.468 e. The van der Waals surface area contributed by atoms with Gasteiger partial charge in [-0.3, -0.25) is 9.69 Å². The van der Waals surface area contributed by atoms with E-state index in [-0.39, 0.29) is 12.0 Å². The van der Waals surface area contributed by atoms with Gasteiger partial charge in [-0.1, -0.05) is 0 Å². The Labute approximate surface area is 100 Å². The lowest BCUT2D eigenvalue weighted by Crippen LogP contribution is -2.38. The molecule has 1 aromatic heterocycles. The zero-order valence-electron chi connectivity index (χ0n) is 9.52. The van der Waals surface area contributed by atoms with Crippen LogP contribution in [0.15, 0.2) is 16.8 Å². The van der Waals surface area contributed by atoms with Gasteiger partial charge in [-0.25, -0.2) is 0 Å². The standard InChI is InChI=1S/C12H17NO2S/c1-15-12(14)11-3-2-6-13(11)7-4-10-5-8-16-9-10/h5,8-9,11H,2-4,6-7H2,1H3. The third-order valence-corrected chi connectivity index (χ3v) is 3.84. The smallest absolute Gasteiger partial charge is 0.323 e. The fourth-order valence-electron chi connectivity index (χ4n) is 2.20. The summed E-state index contributed by atoms with van der Waals surface area (Å²) in [6, 6.07) is 2.14. The number of esters is 1. The molecule has 1 unspecified atom stereocenters. The molecule has 16 heavy (non-hydrogen) atoms. The van der Waals surface area contributed by atoms with Crippen LogP contribution in [-0.4, -0.2) is 37.1 Å². The maximum absolute atomic E-state index is 11.5. The number of hydrogen-bond acceptors (Lipinski definition) is 4. The van der Waals surface area contributed by atoms with Crippen molar-refractivity contribution in [2.75, 3.05) is 20.2 Å². The Morgan fingerprint density at radius 2 is 2.56 bits per heavy atom. The van der Waals surface area contributed by atoms with E-state index < -0.39 is 0 Å². The molecule has 3 nitrogen and oxygen atoms in total. The van der Waals surface area contributed by atoms with Gasteiger partial charge >= 0.3 is 5.97 Å². The molecule has 0 amide bonds. The molecule has 0 aliphatic carbocycles. The number of nitrogens with zero attached hydrogens (tertiary/aromatic N) is 1. The molecule has 88 valence electrons. The first kappa shape index (κ1) is 11.6. The second kappa shape index (κ2) is 5.46. The number of thiophene rings is 1. The molecule has 4 heteroatoms. The highest BCUT2D eigenvalue weighted by atomic mass is 32.1. The lowest BCUT2D eigenvalue weighted by Gasteiger charge is -2.21. The average Bonchev–Trinajstić information content (AvgIpc) is 2.96. The molecule has 0 N–H and O–H groups in total. The third-order valence-electron chi connectivity index (χ3n) is 3.10. The molecular formula is C12H17NO2S. The molecule has 1 atom stereocenters. The first-order chi connectivity index (χ1) is 7.81. The Morgan fingerprint density at radius 1 is 1.69 bits per heavy atom. The van der Waals surface area contributed by atoms with Gasteiger partial charge in [0.1, 0.15) is 6.04 Å². The van der Waals surface area contributed by atoms with Gasteiger partial charge in [0.15, 0.2) is 0 Å². The molecule has 0 saturated carbocycles. The highest BCUT2D eigenvalue weighted by Gasteiger charge is 2.30. The van der Waals surface area contributed by atoms with Crippen molar-refractivity contribution in [2.24, 2.45) is 0 Å². The summed E-state index contributed by atoms with van der Waals surface area (Å²) in [5, 5.41) is 4.26. The fourth-order valence-corrected chi connectivity index (χ4v) is 2.91. The Balaban J connectivity index is 1.86. The van der Waals surface area contributed by atoms with E-state index in [0.29, 0.717) is 0 Å². The van der Waals surface area contributed by atoms with Crippen molar-refractivity contribution in [3.8, 4) is 0 Å². The number of methoxy groups -OCH3 is 1. The quantitative estimate of drug-likeness (QED) is 0.752. The Kier molecular flexibility index (Phi) is 3.96. The maximum atomic E-state index is 11.5. The van der Waals surface area contributed by atoms with Crippen LogP contribution in [0, 0.1) is 0 Å². The summed E-state index contributed by atoms with van der Waals surface area (Å²) in [6.45, 7) is 1.97. The van der Waals surface area contributed by atoms with Gasteiger partial charge in [-0.05, 0) is 48.2 Å². The topological polar surface area (TPSA) is 29.5 Å². The van der Waals surface area contributed by atoms with Crippen LogP contribution >= 0.6 is 11.3 Å². The van der Waals surface area contributed by atoms with Crippen molar-refractivity contribution in [3.05, 3.63) is 22.4 Å². The van der Waals surface area contributed by atoms with E-state index in [4.69, 9.17) is 4.74 Å². The van der Waals surface area contributed by atoms with Crippen LogP contribution in [0.3, 0.4) is 0 Å². The van der Waals surface area contributed by atoms with Gasteiger partial charge in [0, 0.05) is 6.54 Å². The fraction of sp³-hybridized carbons (Fsp3) is 0.583. The van der Waals surface area contributed by atoms with E-state index in [1.807, 2.05) is 0 Å². The predicted octanol–water partition coefficient (Wildman–Crippen LogP) is 1.93. The second-order valence-electron chi connectivity index (χ2n) is 4.10. The minimum atomic E-state index is -0.0807. The van der Waals surface area contributed by atoms with Crippen molar-refractivity contribution in [1.82, 2.24) is 4.90 Å². The molecule has 0 spiro atoms. The zero-order valence-corrected chi connectivity index (χ0v) is 10.3. The lowest BCUT2D eigenvalue weighted by molar-refractivity contribution is -0.145. The molecule has 0 bridgehead atoms. The molecule has 0 aromatic carbocycles. The van der Waals surface area contributed by atoms with Crippen LogP contribution < -0.4 is 0 Å². The summed E-state index contributed by atoms with van der Waals surface area (Å²) in [7, 11) is 1.47. The summed E-state index contributed by atoms with van der Waals surface area (Å²) in [5.41, 5.74) is 1.36. The summed E-state index contributed by atoms with van der Waals surface area (Å²) < 4.78 is 4.82. The van der Waals surface area contributed by atoms with Gasteiger partial charge in [0.25, 0.3) is 0 Å². The van der Waals surface area contributed by atoms with Crippen LogP contribution in [0.25, 0.3) is 0 Å². The molecular weight excluding hydrogens is 222 g/mol. The van der Waals surface area contributed by atoms with E-state index in [9.17, 15) is 4.79 Å². The van der Waals surface area contributed by atoms with Gasteiger partial charge in [-0.2, -0.15) is 11.3 Å². The number of carbonyl (C=O) groups excluding carboxylic acids is 1. The number of hydrogen-bond donors (Lipinski definition) is 0. The van der Waals surface area contributed by atoms with Crippen molar-refractivity contribution in [2.45, 2.75) is 25.3 Å². The molecule has 1 saturated heterocycles. The highest BCUT2D eigenvalue weighted by molar-refractivity contribution is 7.07. The molecule has 2 heterocycles. The van der Waals surface area contributed by atoms with Crippen molar-refractivity contribution < 1.29 is 9.53 Å². The Bertz CT molecular complexity index is 337. The van der Waals surface area contributed by atoms with Crippen LogP contribution in [-0.2, 0) is 16.0 Å². The molecule has 2 rings (SSSR count). The van der Waals surface area contributed by atoms with Gasteiger partial charge in [0.05, 0.1) is 7.11 Å². The molecule has 1 aliphatic rings. The van der Waals surface area contributed by atoms with Crippen LogP contribution in [0.1, 0.15) is 18.4 Å². The number of likely N-dealkylation sites (tertiary alicyclic amines) is 1. The van der Waals surface area contributed by atoms with E-state index >= 15 is 0 Å². The zero-order chi connectivity index (χ0) is 11.4. The van der Waals surface area contributed by atoms with Gasteiger partial charge < -0.3 is 4.74 Å². The molecule has 1 aliphatic heterocycles. The number of ether oxygens (including phenoxy) is 1. The predicted molar refractivity (Wildman–Crippen MR) is 64.6 cm³/mol. The van der Waals surface area contributed by atoms with Crippen molar-refractivity contribution >= 4 is 17.3 Å². The van der Waals surface area contributed by atoms with E-state index in [0.717, 1.165) is 32.4 Å². The first-order valence-corrected chi connectivity index (χ1v) is 6.58. The van der Waals surface area contributed by atoms with Gasteiger partial charge in [0.2, 0.25) is 0 Å². The third kappa shape index (κ3) is 2.62. The van der Waals surface area contributed by atoms with Crippen molar-refractivity contribution in [3.63, 3.8) is 0 Å². The Hall–Kier alpha value is -0.870. The minimum absolute atomic E-state index is 0.0105. The maximum Gasteiger partial charge on any atom is 0.323 e. The van der Waals surface area contributed by atoms with E-state index in [1.165, 1.54) is 12.7 Å². The van der Waals surface area contributed by atoms with Crippen LogP contribution in [0.4, 0.5) is 0 Å². The lowest BCUT2D eigenvalue weighted by atomic mass is 10.2. The molecule has 1 fully saturated rings. The van der Waals surface area contributed by atoms with E-state index in [1.54, 1.807) is 11.3 Å². The summed E-state index contributed by atoms with van der Waals surface area (Å²) in [5.74, 6) is -0.0807. The van der Waals surface area contributed by atoms with Crippen molar-refractivity contribution in [1.29, 1.82) is 0 Å². The van der Waals surface area contributed by atoms with E-state index in [2.05, 4.69) is 21.7 Å². The average molecular weight is 239 g/mol. The van der Waals surface area contributed by atoms with Gasteiger partial charge in [-0.15, -0.1) is 0 Å². The van der Waals surface area contributed by atoms with Crippen LogP contribution in [0.5, 0.6) is 0 Å². The summed E-state index contributed by atoms with van der Waals surface area (Å²) >= 11 is 1.72. The highest BCUT2D eigenvalue weighted by Crippen LogP contribution is 2.19. The summed E-state index contributed by atoms with van der Waals surface area (Å²) in [6.07, 6.45) is 3.07.